The molecule has 33 heavy (non-hydrogen) atoms. The third kappa shape index (κ3) is 4.43. The van der Waals surface area contributed by atoms with Gasteiger partial charge < -0.3 is 9.47 Å². The Morgan fingerprint density at radius 2 is 2.00 bits per heavy atom. The van der Waals surface area contributed by atoms with E-state index < -0.39 is 5.76 Å². The molecule has 10 nitrogen and oxygen atoms in total. The van der Waals surface area contributed by atoms with Crippen LogP contribution < -0.4 is 15.2 Å². The molecular formula is C23H22N6O4. The quantitative estimate of drug-likeness (QED) is 0.472. The number of H-pyrrole nitrogens is 1. The van der Waals surface area contributed by atoms with Crippen molar-refractivity contribution in [3.63, 3.8) is 0 Å². The molecule has 3 heterocycles. The first kappa shape index (κ1) is 20.8. The zero-order valence-electron chi connectivity index (χ0n) is 18.2. The predicted molar refractivity (Wildman–Crippen MR) is 119 cm³/mol. The Hall–Kier alpha value is -4.13. The summed E-state index contributed by atoms with van der Waals surface area (Å²) in [4.78, 5) is 27.1. The standard InChI is InChI=1S/C23H22N6O4/c1-14-6-8-15(9-7-14)10-11-29-13-24-19-18(29)22(32-17-5-3-4-16(12-17)31-2)26-20(25-19)21-27-23(30)33-28-21/h3-5,12-15H,6-9H2,1-2H3,(H,27,28,30). The Labute approximate surface area is 189 Å². The van der Waals surface area contributed by atoms with Crippen LogP contribution in [0.4, 0.5) is 0 Å². The van der Waals surface area contributed by atoms with Crippen LogP contribution in [0.3, 0.4) is 0 Å². The number of hydrogen-bond donors (Lipinski definition) is 1. The molecule has 10 heteroatoms. The van der Waals surface area contributed by atoms with Crippen molar-refractivity contribution in [3.05, 3.63) is 41.1 Å². The second kappa shape index (κ2) is 8.78. The summed E-state index contributed by atoms with van der Waals surface area (Å²) in [5, 5.41) is 3.67. The van der Waals surface area contributed by atoms with Crippen molar-refractivity contribution in [2.24, 2.45) is 11.8 Å². The first-order chi connectivity index (χ1) is 16.1. The Kier molecular flexibility index (Phi) is 5.52. The highest BCUT2D eigenvalue weighted by Gasteiger charge is 2.20. The molecule has 0 bridgehead atoms. The fourth-order valence-corrected chi connectivity index (χ4v) is 3.82. The van der Waals surface area contributed by atoms with Gasteiger partial charge >= 0.3 is 5.76 Å². The van der Waals surface area contributed by atoms with Crippen molar-refractivity contribution >= 4 is 11.2 Å². The third-order valence-electron chi connectivity index (χ3n) is 5.68. The van der Waals surface area contributed by atoms with Crippen molar-refractivity contribution in [2.75, 3.05) is 7.11 Å². The van der Waals surface area contributed by atoms with Gasteiger partial charge in [0.2, 0.25) is 11.6 Å². The van der Waals surface area contributed by atoms with Gasteiger partial charge in [-0.15, -0.1) is 0 Å². The lowest BCUT2D eigenvalue weighted by atomic mass is 9.83. The molecule has 0 spiro atoms. The number of benzene rings is 1. The lowest BCUT2D eigenvalue weighted by Crippen LogP contribution is -2.10. The lowest BCUT2D eigenvalue weighted by molar-refractivity contribution is 0.337. The first-order valence-electron chi connectivity index (χ1n) is 10.7. The molecule has 0 atom stereocenters. The largest absolute Gasteiger partial charge is 0.497 e. The van der Waals surface area contributed by atoms with Gasteiger partial charge in [0.05, 0.1) is 7.11 Å². The van der Waals surface area contributed by atoms with Crippen LogP contribution in [0.1, 0.15) is 32.6 Å². The summed E-state index contributed by atoms with van der Waals surface area (Å²) in [6.07, 6.45) is 6.15. The maximum atomic E-state index is 11.4. The molecule has 1 aliphatic carbocycles. The smallest absolute Gasteiger partial charge is 0.439 e. The van der Waals surface area contributed by atoms with Gasteiger partial charge in [0.15, 0.2) is 11.2 Å². The van der Waals surface area contributed by atoms with E-state index >= 15 is 0 Å². The Balaban J connectivity index is 1.57. The van der Waals surface area contributed by atoms with Crippen LogP contribution in [0.5, 0.6) is 17.4 Å². The molecule has 5 rings (SSSR count). The van der Waals surface area contributed by atoms with E-state index in [1.165, 1.54) is 12.8 Å². The number of aromatic nitrogens is 6. The van der Waals surface area contributed by atoms with Crippen molar-refractivity contribution < 1.29 is 14.0 Å². The summed E-state index contributed by atoms with van der Waals surface area (Å²) in [5.41, 5.74) is 0.873. The molecule has 0 radical (unpaired) electrons. The summed E-state index contributed by atoms with van der Waals surface area (Å²) < 4.78 is 17.7. The SMILES string of the molecule is COc1cccc(Oc2nc(-c3noc(=O)[nH]3)nc3ncn(C#CC4CCC(C)CC4)c23)c1. The van der Waals surface area contributed by atoms with Crippen molar-refractivity contribution in [3.8, 4) is 41.0 Å². The number of rotatable bonds is 4. The maximum Gasteiger partial charge on any atom is 0.439 e. The molecule has 1 fully saturated rings. The Morgan fingerprint density at radius 1 is 1.18 bits per heavy atom. The molecule has 0 amide bonds. The summed E-state index contributed by atoms with van der Waals surface area (Å²) in [5.74, 6) is 5.33. The number of methoxy groups -OCH3 is 1. The van der Waals surface area contributed by atoms with Crippen LogP contribution in [-0.2, 0) is 0 Å². The zero-order chi connectivity index (χ0) is 22.8. The van der Waals surface area contributed by atoms with Gasteiger partial charge in [-0.25, -0.2) is 14.8 Å². The number of nitrogens with one attached hydrogen (secondary N) is 1. The molecule has 1 aromatic carbocycles. The van der Waals surface area contributed by atoms with E-state index in [1.807, 2.05) is 12.1 Å². The summed E-state index contributed by atoms with van der Waals surface area (Å²) in [6.45, 7) is 2.28. The fourth-order valence-electron chi connectivity index (χ4n) is 3.82. The normalized spacial score (nSPS) is 18.0. The third-order valence-corrected chi connectivity index (χ3v) is 5.68. The number of hydrogen-bond acceptors (Lipinski definition) is 8. The minimum atomic E-state index is -0.706. The van der Waals surface area contributed by atoms with Gasteiger partial charge in [0.1, 0.15) is 17.8 Å². The highest BCUT2D eigenvalue weighted by atomic mass is 16.5. The molecule has 1 N–H and O–H groups in total. The van der Waals surface area contributed by atoms with Gasteiger partial charge in [0.25, 0.3) is 5.88 Å². The molecule has 0 saturated heterocycles. The van der Waals surface area contributed by atoms with E-state index in [0.717, 1.165) is 18.8 Å². The topological polar surface area (TPSA) is 121 Å². The molecule has 0 unspecified atom stereocenters. The molecular weight excluding hydrogens is 424 g/mol. The number of fused-ring (bicyclic) bond motifs is 1. The Morgan fingerprint density at radius 3 is 2.76 bits per heavy atom. The fraction of sp³-hybridized carbons (Fsp3) is 0.348. The lowest BCUT2D eigenvalue weighted by Gasteiger charge is -2.21. The molecule has 1 aliphatic rings. The van der Waals surface area contributed by atoms with Gasteiger partial charge in [0, 0.05) is 18.0 Å². The van der Waals surface area contributed by atoms with Crippen molar-refractivity contribution in [1.29, 1.82) is 0 Å². The van der Waals surface area contributed by atoms with Gasteiger partial charge in [-0.1, -0.05) is 24.1 Å². The minimum absolute atomic E-state index is 0.0781. The monoisotopic (exact) mass is 446 g/mol. The zero-order valence-corrected chi connectivity index (χ0v) is 18.2. The molecule has 0 aliphatic heterocycles. The molecule has 1 saturated carbocycles. The van der Waals surface area contributed by atoms with Gasteiger partial charge in [-0.05, 0) is 43.7 Å². The second-order valence-corrected chi connectivity index (χ2v) is 8.08. The minimum Gasteiger partial charge on any atom is -0.497 e. The average Bonchev–Trinajstić information content (AvgIpc) is 3.45. The first-order valence-corrected chi connectivity index (χ1v) is 10.7. The van der Waals surface area contributed by atoms with E-state index in [4.69, 9.17) is 9.47 Å². The van der Waals surface area contributed by atoms with Crippen LogP contribution in [0.25, 0.3) is 22.8 Å². The summed E-state index contributed by atoms with van der Waals surface area (Å²) in [6, 6.07) is 10.3. The Bertz CT molecular complexity index is 1400. The maximum absolute atomic E-state index is 11.4. The van der Waals surface area contributed by atoms with E-state index in [-0.39, 0.29) is 17.5 Å². The van der Waals surface area contributed by atoms with Crippen molar-refractivity contribution in [2.45, 2.75) is 32.6 Å². The van der Waals surface area contributed by atoms with E-state index in [9.17, 15) is 4.79 Å². The number of ether oxygens (including phenoxy) is 2. The number of imidazole rings is 1. The van der Waals surface area contributed by atoms with Crippen LogP contribution >= 0.6 is 0 Å². The highest BCUT2D eigenvalue weighted by Crippen LogP contribution is 2.31. The van der Waals surface area contributed by atoms with E-state index in [1.54, 1.807) is 30.1 Å². The summed E-state index contributed by atoms with van der Waals surface area (Å²) in [7, 11) is 1.58. The number of nitrogens with zero attached hydrogens (tertiary/aromatic N) is 5. The van der Waals surface area contributed by atoms with E-state index in [0.29, 0.717) is 28.6 Å². The van der Waals surface area contributed by atoms with E-state index in [2.05, 4.69) is 48.5 Å². The average molecular weight is 446 g/mol. The molecule has 168 valence electrons. The van der Waals surface area contributed by atoms with Crippen molar-refractivity contribution in [1.82, 2.24) is 29.7 Å². The predicted octanol–water partition coefficient (Wildman–Crippen LogP) is 3.61. The second-order valence-electron chi connectivity index (χ2n) is 8.08. The summed E-state index contributed by atoms with van der Waals surface area (Å²) >= 11 is 0. The molecule has 3 aromatic heterocycles. The van der Waals surface area contributed by atoms with Crippen LogP contribution in [-0.4, -0.2) is 36.8 Å². The molecule has 4 aromatic rings. The highest BCUT2D eigenvalue weighted by molar-refractivity contribution is 5.79. The van der Waals surface area contributed by atoms with Crippen LogP contribution in [0.15, 0.2) is 39.9 Å². The van der Waals surface area contributed by atoms with Crippen LogP contribution in [0, 0.1) is 23.8 Å². The van der Waals surface area contributed by atoms with Gasteiger partial charge in [-0.3, -0.25) is 14.1 Å². The van der Waals surface area contributed by atoms with Gasteiger partial charge in [-0.2, -0.15) is 4.98 Å². The van der Waals surface area contributed by atoms with Crippen LogP contribution in [0.2, 0.25) is 0 Å². The number of aromatic amines is 1.